The minimum atomic E-state index is -4.01. The van der Waals surface area contributed by atoms with Crippen LogP contribution in [0.3, 0.4) is 0 Å². The second kappa shape index (κ2) is 12.5. The number of aromatic nitrogens is 1. The summed E-state index contributed by atoms with van der Waals surface area (Å²) in [5.74, 6) is 0.504. The fourth-order valence-corrected chi connectivity index (χ4v) is 6.76. The molecule has 0 saturated carbocycles. The van der Waals surface area contributed by atoms with Crippen LogP contribution in [0.4, 0.5) is 0 Å². The Labute approximate surface area is 258 Å². The van der Waals surface area contributed by atoms with E-state index < -0.39 is 22.1 Å². The minimum Gasteiger partial charge on any atom is -0.493 e. The average molecular weight is 635 g/mol. The second-order valence-corrected chi connectivity index (χ2v) is 12.4. The van der Waals surface area contributed by atoms with E-state index in [0.717, 1.165) is 5.56 Å². The highest BCUT2D eigenvalue weighted by Gasteiger charge is 2.34. The summed E-state index contributed by atoms with van der Waals surface area (Å²) in [7, 11) is -0.975. The van der Waals surface area contributed by atoms with Gasteiger partial charge in [-0.3, -0.25) is 9.36 Å². The van der Waals surface area contributed by atoms with Crippen molar-refractivity contribution in [2.24, 2.45) is 4.99 Å². The average Bonchev–Trinajstić information content (AvgIpc) is 3.30. The molecule has 1 unspecified atom stereocenters. The van der Waals surface area contributed by atoms with Crippen molar-refractivity contribution in [1.29, 1.82) is 0 Å². The molecule has 228 valence electrons. The van der Waals surface area contributed by atoms with Crippen molar-refractivity contribution in [3.05, 3.63) is 114 Å². The number of hydrogen-bond donors (Lipinski definition) is 0. The van der Waals surface area contributed by atoms with Crippen LogP contribution in [0.5, 0.6) is 17.2 Å². The number of thiazole rings is 1. The maximum absolute atomic E-state index is 13.9. The third-order valence-electron chi connectivity index (χ3n) is 6.93. The molecule has 12 heteroatoms. The molecule has 0 spiro atoms. The Hall–Kier alpha value is -4.68. The molecule has 4 aromatic rings. The lowest BCUT2D eigenvalue weighted by Gasteiger charge is -2.25. The van der Waals surface area contributed by atoms with E-state index in [2.05, 4.69) is 4.99 Å². The lowest BCUT2D eigenvalue weighted by molar-refractivity contribution is -0.139. The van der Waals surface area contributed by atoms with Crippen molar-refractivity contribution < 1.29 is 31.6 Å². The fraction of sp³-hybridized carbons (Fsp3) is 0.219. The van der Waals surface area contributed by atoms with Gasteiger partial charge in [0.1, 0.15) is 10.6 Å². The van der Waals surface area contributed by atoms with Crippen LogP contribution < -0.4 is 28.5 Å². The number of carbonyl (C=O) groups excluding carboxylic acids is 1. The number of rotatable bonds is 9. The number of aryl methyl sites for hydroxylation is 1. The number of ether oxygens (including phenoxy) is 3. The molecule has 0 radical (unpaired) electrons. The van der Waals surface area contributed by atoms with Crippen molar-refractivity contribution in [3.8, 4) is 17.2 Å². The van der Waals surface area contributed by atoms with E-state index in [1.807, 2.05) is 6.92 Å². The molecule has 0 amide bonds. The van der Waals surface area contributed by atoms with Crippen LogP contribution in [0.2, 0.25) is 0 Å². The molecule has 1 atom stereocenters. The number of benzene rings is 3. The zero-order valence-corrected chi connectivity index (χ0v) is 26.3. The van der Waals surface area contributed by atoms with E-state index in [0.29, 0.717) is 37.7 Å². The predicted octanol–water partition coefficient (Wildman–Crippen LogP) is 3.89. The van der Waals surface area contributed by atoms with E-state index in [9.17, 15) is 18.0 Å². The van der Waals surface area contributed by atoms with E-state index >= 15 is 0 Å². The monoisotopic (exact) mass is 634 g/mol. The molecular formula is C32H30N2O8S2. The van der Waals surface area contributed by atoms with E-state index in [4.69, 9.17) is 18.4 Å². The third kappa shape index (κ3) is 6.03. The number of nitrogens with zero attached hydrogens (tertiary/aromatic N) is 2. The molecule has 1 aliphatic rings. The molecule has 10 nitrogen and oxygen atoms in total. The highest BCUT2D eigenvalue weighted by atomic mass is 32.2. The smallest absolute Gasteiger partial charge is 0.339 e. The Morgan fingerprint density at radius 1 is 0.977 bits per heavy atom. The number of fused-ring (bicyclic) bond motifs is 1. The predicted molar refractivity (Wildman–Crippen MR) is 165 cm³/mol. The van der Waals surface area contributed by atoms with E-state index in [1.165, 1.54) is 54.4 Å². The SMILES string of the molecule is CCOC(=O)C1=C(C)N=c2s/c(=C\c3ccc(OS(=O)(=O)c4ccc(C)cc4)cc3)c(=O)n2C1c1ccc(OC)c(OC)c1. The lowest BCUT2D eigenvalue weighted by atomic mass is 9.95. The summed E-state index contributed by atoms with van der Waals surface area (Å²) < 4.78 is 48.7. The number of carbonyl (C=O) groups is 1. The van der Waals surface area contributed by atoms with Crippen LogP contribution >= 0.6 is 11.3 Å². The molecule has 44 heavy (non-hydrogen) atoms. The highest BCUT2D eigenvalue weighted by Crippen LogP contribution is 2.36. The molecule has 3 aromatic carbocycles. The summed E-state index contributed by atoms with van der Waals surface area (Å²) in [6, 6.07) is 17.1. The molecular weight excluding hydrogens is 604 g/mol. The van der Waals surface area contributed by atoms with Gasteiger partial charge in [-0.2, -0.15) is 8.42 Å². The Morgan fingerprint density at radius 3 is 2.30 bits per heavy atom. The fourth-order valence-electron chi connectivity index (χ4n) is 4.78. The van der Waals surface area contributed by atoms with E-state index in [1.54, 1.807) is 62.4 Å². The number of allylic oxidation sites excluding steroid dienone is 1. The van der Waals surface area contributed by atoms with Gasteiger partial charge in [-0.15, -0.1) is 0 Å². The first kappa shape index (κ1) is 30.8. The Bertz CT molecular complexity index is 2040. The number of esters is 1. The van der Waals surface area contributed by atoms with Gasteiger partial charge in [0.15, 0.2) is 16.3 Å². The molecule has 0 fully saturated rings. The normalized spacial score (nSPS) is 14.9. The number of methoxy groups -OCH3 is 2. The van der Waals surface area contributed by atoms with Crippen LogP contribution in [-0.4, -0.2) is 39.8 Å². The Balaban J connectivity index is 1.54. The van der Waals surface area contributed by atoms with Gasteiger partial charge >= 0.3 is 16.1 Å². The van der Waals surface area contributed by atoms with Crippen molar-refractivity contribution in [2.75, 3.05) is 20.8 Å². The quantitative estimate of drug-likeness (QED) is 0.201. The molecule has 1 aliphatic heterocycles. The van der Waals surface area contributed by atoms with Gasteiger partial charge in [0, 0.05) is 0 Å². The molecule has 1 aromatic heterocycles. The summed E-state index contributed by atoms with van der Waals surface area (Å²) in [6.07, 6.45) is 1.68. The van der Waals surface area contributed by atoms with Crippen LogP contribution in [0.1, 0.15) is 36.6 Å². The summed E-state index contributed by atoms with van der Waals surface area (Å²) in [5, 5.41) is 0. The first-order valence-corrected chi connectivity index (χ1v) is 15.8. The van der Waals surface area contributed by atoms with Gasteiger partial charge in [-0.25, -0.2) is 9.79 Å². The Kier molecular flexibility index (Phi) is 8.75. The third-order valence-corrected chi connectivity index (χ3v) is 9.18. The zero-order valence-electron chi connectivity index (χ0n) is 24.7. The molecule has 0 bridgehead atoms. The summed E-state index contributed by atoms with van der Waals surface area (Å²) in [5.41, 5.74) is 2.51. The molecule has 5 rings (SSSR count). The Morgan fingerprint density at radius 2 is 1.66 bits per heavy atom. The maximum Gasteiger partial charge on any atom is 0.339 e. The lowest BCUT2D eigenvalue weighted by Crippen LogP contribution is -2.39. The summed E-state index contributed by atoms with van der Waals surface area (Å²) in [4.78, 5) is 32.1. The largest absolute Gasteiger partial charge is 0.493 e. The van der Waals surface area contributed by atoms with Gasteiger partial charge in [-0.1, -0.05) is 47.2 Å². The van der Waals surface area contributed by atoms with Gasteiger partial charge in [-0.05, 0) is 74.4 Å². The van der Waals surface area contributed by atoms with E-state index in [-0.39, 0.29) is 28.4 Å². The first-order valence-electron chi connectivity index (χ1n) is 13.6. The highest BCUT2D eigenvalue weighted by molar-refractivity contribution is 7.87. The summed E-state index contributed by atoms with van der Waals surface area (Å²) in [6.45, 7) is 5.44. The molecule has 2 heterocycles. The van der Waals surface area contributed by atoms with Gasteiger partial charge in [0.25, 0.3) is 5.56 Å². The molecule has 0 aliphatic carbocycles. The second-order valence-electron chi connectivity index (χ2n) is 9.84. The van der Waals surface area contributed by atoms with Gasteiger partial charge in [0.05, 0.1) is 42.7 Å². The van der Waals surface area contributed by atoms with Crippen LogP contribution in [-0.2, 0) is 19.6 Å². The van der Waals surface area contributed by atoms with Crippen LogP contribution in [0.15, 0.2) is 92.7 Å². The zero-order chi connectivity index (χ0) is 31.6. The van der Waals surface area contributed by atoms with Crippen molar-refractivity contribution in [3.63, 3.8) is 0 Å². The topological polar surface area (TPSA) is 122 Å². The van der Waals surface area contributed by atoms with Gasteiger partial charge < -0.3 is 18.4 Å². The van der Waals surface area contributed by atoms with Crippen molar-refractivity contribution >= 4 is 33.5 Å². The molecule has 0 saturated heterocycles. The van der Waals surface area contributed by atoms with Crippen molar-refractivity contribution in [2.45, 2.75) is 31.7 Å². The maximum atomic E-state index is 13.9. The van der Waals surface area contributed by atoms with Crippen LogP contribution in [0, 0.1) is 6.92 Å². The van der Waals surface area contributed by atoms with Crippen molar-refractivity contribution in [1.82, 2.24) is 4.57 Å². The number of hydrogen-bond acceptors (Lipinski definition) is 10. The summed E-state index contributed by atoms with van der Waals surface area (Å²) >= 11 is 1.18. The standard InChI is InChI=1S/C32H30N2O8S2/c1-6-41-31(36)28-20(3)33-32-34(29(28)22-11-16-25(39-4)26(18-22)40-5)30(35)27(43-32)17-21-9-12-23(13-10-21)42-44(37,38)24-14-7-19(2)8-15-24/h7-18,29H,6H2,1-5H3/b27-17-. The first-order chi connectivity index (χ1) is 21.1. The van der Waals surface area contributed by atoms with Gasteiger partial charge in [0.2, 0.25) is 0 Å². The molecule has 0 N–H and O–H groups in total. The minimum absolute atomic E-state index is 0.0507. The van der Waals surface area contributed by atoms with Crippen LogP contribution in [0.25, 0.3) is 6.08 Å².